The Morgan fingerprint density at radius 2 is 1.75 bits per heavy atom. The highest BCUT2D eigenvalue weighted by Crippen LogP contribution is 2.22. The smallest absolute Gasteiger partial charge is 0.231 e. The van der Waals surface area contributed by atoms with Gasteiger partial charge in [-0.2, -0.15) is 0 Å². The number of aryl methyl sites for hydroxylation is 1. The Labute approximate surface area is 163 Å². The summed E-state index contributed by atoms with van der Waals surface area (Å²) < 4.78 is 1.58. The number of benzene rings is 2. The molecule has 0 aliphatic rings. The van der Waals surface area contributed by atoms with Gasteiger partial charge in [0, 0.05) is 42.7 Å². The van der Waals surface area contributed by atoms with E-state index in [1.54, 1.807) is 22.9 Å². The number of aromatic nitrogens is 1. The van der Waals surface area contributed by atoms with Gasteiger partial charge in [0.2, 0.25) is 17.7 Å². The Morgan fingerprint density at radius 1 is 0.964 bits per heavy atom. The molecule has 2 aromatic carbocycles. The van der Waals surface area contributed by atoms with Crippen LogP contribution in [0.15, 0.2) is 54.7 Å². The number of rotatable bonds is 6. The van der Waals surface area contributed by atoms with Gasteiger partial charge in [-0.25, -0.2) is 0 Å². The number of hydrogen-bond acceptors (Lipinski definition) is 3. The SMILES string of the molecule is CCc1ccc(NC(C)=O)cc1NC(=O)CCC(=O)n1ccc2ccccc21. The Hall–Kier alpha value is -3.41. The van der Waals surface area contributed by atoms with Crippen LogP contribution in [0.4, 0.5) is 11.4 Å². The minimum Gasteiger partial charge on any atom is -0.326 e. The van der Waals surface area contributed by atoms with Gasteiger partial charge >= 0.3 is 0 Å². The summed E-state index contributed by atoms with van der Waals surface area (Å²) >= 11 is 0. The molecule has 0 saturated heterocycles. The molecule has 0 aliphatic carbocycles. The van der Waals surface area contributed by atoms with E-state index in [0.717, 1.165) is 22.9 Å². The van der Waals surface area contributed by atoms with Crippen LogP contribution in [0, 0.1) is 0 Å². The van der Waals surface area contributed by atoms with Crippen molar-refractivity contribution < 1.29 is 14.4 Å². The van der Waals surface area contributed by atoms with Gasteiger partial charge in [0.1, 0.15) is 0 Å². The van der Waals surface area contributed by atoms with Gasteiger partial charge in [0.05, 0.1) is 5.52 Å². The molecule has 6 heteroatoms. The molecule has 0 spiro atoms. The first-order valence-electron chi connectivity index (χ1n) is 9.27. The number of nitrogens with zero attached hydrogens (tertiary/aromatic N) is 1. The second kappa shape index (κ2) is 8.52. The Balaban J connectivity index is 1.65. The zero-order valence-electron chi connectivity index (χ0n) is 16.0. The Kier molecular flexibility index (Phi) is 5.89. The minimum absolute atomic E-state index is 0.0822. The Bertz CT molecular complexity index is 1040. The van der Waals surface area contributed by atoms with E-state index in [1.165, 1.54) is 6.92 Å². The molecule has 3 rings (SSSR count). The van der Waals surface area contributed by atoms with Gasteiger partial charge in [-0.15, -0.1) is 0 Å². The molecule has 2 amide bonds. The first-order chi connectivity index (χ1) is 13.5. The van der Waals surface area contributed by atoms with E-state index in [1.807, 2.05) is 43.3 Å². The largest absolute Gasteiger partial charge is 0.326 e. The van der Waals surface area contributed by atoms with Crippen LogP contribution >= 0.6 is 0 Å². The number of amides is 2. The number of hydrogen-bond donors (Lipinski definition) is 2. The quantitative estimate of drug-likeness (QED) is 0.675. The highest BCUT2D eigenvalue weighted by Gasteiger charge is 2.13. The molecule has 1 aromatic heterocycles. The molecule has 0 aliphatic heterocycles. The van der Waals surface area contributed by atoms with Crippen molar-refractivity contribution in [3.63, 3.8) is 0 Å². The first kappa shape index (κ1) is 19.4. The van der Waals surface area contributed by atoms with Crippen LogP contribution in [-0.2, 0) is 16.0 Å². The number of carbonyl (C=O) groups excluding carboxylic acids is 3. The van der Waals surface area contributed by atoms with Crippen molar-refractivity contribution in [2.75, 3.05) is 10.6 Å². The minimum atomic E-state index is -0.237. The van der Waals surface area contributed by atoms with E-state index in [2.05, 4.69) is 10.6 Å². The molecule has 0 atom stereocenters. The van der Waals surface area contributed by atoms with E-state index < -0.39 is 0 Å². The Morgan fingerprint density at radius 3 is 2.50 bits per heavy atom. The predicted molar refractivity (Wildman–Crippen MR) is 111 cm³/mol. The molecular weight excluding hydrogens is 354 g/mol. The molecule has 6 nitrogen and oxygen atoms in total. The van der Waals surface area contributed by atoms with Gasteiger partial charge < -0.3 is 10.6 Å². The van der Waals surface area contributed by atoms with Crippen LogP contribution in [0.2, 0.25) is 0 Å². The normalized spacial score (nSPS) is 10.6. The van der Waals surface area contributed by atoms with Crippen molar-refractivity contribution in [3.05, 3.63) is 60.3 Å². The summed E-state index contributed by atoms with van der Waals surface area (Å²) in [5.41, 5.74) is 3.07. The average Bonchev–Trinajstić information content (AvgIpc) is 3.10. The van der Waals surface area contributed by atoms with E-state index in [9.17, 15) is 14.4 Å². The van der Waals surface area contributed by atoms with Crippen LogP contribution in [0.5, 0.6) is 0 Å². The van der Waals surface area contributed by atoms with Gasteiger partial charge in [-0.3, -0.25) is 19.0 Å². The summed E-state index contributed by atoms with van der Waals surface area (Å²) in [5.74, 6) is -0.537. The number of fused-ring (bicyclic) bond motifs is 1. The predicted octanol–water partition coefficient (Wildman–Crippen LogP) is 4.22. The lowest BCUT2D eigenvalue weighted by Crippen LogP contribution is -2.17. The summed E-state index contributed by atoms with van der Waals surface area (Å²) in [5, 5.41) is 6.56. The molecule has 0 fully saturated rings. The van der Waals surface area contributed by atoms with Crippen LogP contribution in [0.3, 0.4) is 0 Å². The summed E-state index contributed by atoms with van der Waals surface area (Å²) in [6, 6.07) is 14.9. The van der Waals surface area contributed by atoms with Gasteiger partial charge in [0.15, 0.2) is 0 Å². The zero-order valence-corrected chi connectivity index (χ0v) is 16.0. The van der Waals surface area contributed by atoms with E-state index in [-0.39, 0.29) is 30.6 Å². The monoisotopic (exact) mass is 377 g/mol. The number of anilines is 2. The molecule has 0 radical (unpaired) electrons. The maximum atomic E-state index is 12.5. The third-order valence-electron chi connectivity index (χ3n) is 4.52. The second-order valence-corrected chi connectivity index (χ2v) is 6.59. The second-order valence-electron chi connectivity index (χ2n) is 6.59. The van der Waals surface area contributed by atoms with E-state index in [4.69, 9.17) is 0 Å². The number of nitrogens with one attached hydrogen (secondary N) is 2. The zero-order chi connectivity index (χ0) is 20.1. The molecular formula is C22H23N3O3. The van der Waals surface area contributed by atoms with E-state index >= 15 is 0 Å². The third kappa shape index (κ3) is 4.46. The van der Waals surface area contributed by atoms with Crippen molar-refractivity contribution in [1.82, 2.24) is 4.57 Å². The number of para-hydroxylation sites is 1. The average molecular weight is 377 g/mol. The molecule has 3 aromatic rings. The molecule has 1 heterocycles. The van der Waals surface area contributed by atoms with Crippen molar-refractivity contribution in [2.24, 2.45) is 0 Å². The molecule has 0 saturated carbocycles. The maximum Gasteiger partial charge on any atom is 0.231 e. The number of carbonyl (C=O) groups is 3. The molecule has 0 bridgehead atoms. The highest BCUT2D eigenvalue weighted by molar-refractivity contribution is 5.97. The van der Waals surface area contributed by atoms with Crippen LogP contribution in [0.1, 0.15) is 37.0 Å². The van der Waals surface area contributed by atoms with Gasteiger partial charge in [-0.1, -0.05) is 31.2 Å². The molecule has 28 heavy (non-hydrogen) atoms. The van der Waals surface area contributed by atoms with Crippen molar-refractivity contribution >= 4 is 40.0 Å². The lowest BCUT2D eigenvalue weighted by molar-refractivity contribution is -0.116. The topological polar surface area (TPSA) is 80.2 Å². The summed E-state index contributed by atoms with van der Waals surface area (Å²) in [7, 11) is 0. The lowest BCUT2D eigenvalue weighted by Gasteiger charge is -2.12. The van der Waals surface area contributed by atoms with Crippen LogP contribution in [0.25, 0.3) is 10.9 Å². The molecule has 2 N–H and O–H groups in total. The van der Waals surface area contributed by atoms with E-state index in [0.29, 0.717) is 11.4 Å². The third-order valence-corrected chi connectivity index (χ3v) is 4.52. The summed E-state index contributed by atoms with van der Waals surface area (Å²) in [6.45, 7) is 3.42. The van der Waals surface area contributed by atoms with Crippen LogP contribution < -0.4 is 10.6 Å². The van der Waals surface area contributed by atoms with Crippen molar-refractivity contribution in [3.8, 4) is 0 Å². The fourth-order valence-electron chi connectivity index (χ4n) is 3.14. The molecule has 0 unspecified atom stereocenters. The fraction of sp³-hybridized carbons (Fsp3) is 0.227. The molecule has 144 valence electrons. The summed E-state index contributed by atoms with van der Waals surface area (Å²) in [6.07, 6.45) is 2.66. The summed E-state index contributed by atoms with van der Waals surface area (Å²) in [4.78, 5) is 36.1. The lowest BCUT2D eigenvalue weighted by atomic mass is 10.1. The fourth-order valence-corrected chi connectivity index (χ4v) is 3.14. The van der Waals surface area contributed by atoms with Crippen LogP contribution in [-0.4, -0.2) is 22.3 Å². The van der Waals surface area contributed by atoms with Crippen molar-refractivity contribution in [1.29, 1.82) is 0 Å². The van der Waals surface area contributed by atoms with Gasteiger partial charge in [-0.05, 0) is 36.2 Å². The van der Waals surface area contributed by atoms with Crippen molar-refractivity contribution in [2.45, 2.75) is 33.1 Å². The maximum absolute atomic E-state index is 12.5. The highest BCUT2D eigenvalue weighted by atomic mass is 16.2. The standard InChI is InChI=1S/C22H23N3O3/c1-3-16-8-9-18(23-15(2)26)14-19(16)24-21(27)10-11-22(28)25-13-12-17-6-4-5-7-20(17)25/h4-9,12-14H,3,10-11H2,1-2H3,(H,23,26)(H,24,27). The first-order valence-corrected chi connectivity index (χ1v) is 9.27. The van der Waals surface area contributed by atoms with Gasteiger partial charge in [0.25, 0.3) is 0 Å².